The number of hydrogen-bond donors (Lipinski definition) is 1. The number of carbonyl (C=O) groups excluding carboxylic acids is 2. The number of Topliss-reactive ketones (excluding diaryl/α,β-unsaturated/α-hetero) is 1. The lowest BCUT2D eigenvalue weighted by atomic mass is 9.95. The van der Waals surface area contributed by atoms with E-state index in [-0.39, 0.29) is 11.3 Å². The van der Waals surface area contributed by atoms with Crippen molar-refractivity contribution in [1.82, 2.24) is 14.5 Å². The monoisotopic (exact) mass is 495 g/mol. The van der Waals surface area contributed by atoms with E-state index in [1.54, 1.807) is 56.0 Å². The fourth-order valence-corrected chi connectivity index (χ4v) is 4.11. The largest absolute Gasteiger partial charge is 0.507 e. The van der Waals surface area contributed by atoms with Crippen LogP contribution < -0.4 is 4.74 Å². The molecule has 8 heteroatoms. The van der Waals surface area contributed by atoms with Crippen molar-refractivity contribution in [2.75, 3.05) is 13.7 Å². The quantitative estimate of drug-likeness (QED) is 0.302. The molecule has 0 aliphatic carbocycles. The van der Waals surface area contributed by atoms with Crippen molar-refractivity contribution in [2.45, 2.75) is 19.0 Å². The number of halogens is 1. The molecule has 0 unspecified atom stereocenters. The van der Waals surface area contributed by atoms with E-state index in [0.717, 1.165) is 10.0 Å². The molecule has 0 radical (unpaired) electrons. The number of aryl methyl sites for hydroxylation is 1. The summed E-state index contributed by atoms with van der Waals surface area (Å²) in [5.41, 5.74) is 1.29. The van der Waals surface area contributed by atoms with Gasteiger partial charge in [0.15, 0.2) is 0 Å². The van der Waals surface area contributed by atoms with E-state index in [9.17, 15) is 14.7 Å². The Labute approximate surface area is 194 Å². The van der Waals surface area contributed by atoms with Crippen molar-refractivity contribution in [2.24, 2.45) is 0 Å². The number of ketones is 1. The van der Waals surface area contributed by atoms with Crippen molar-refractivity contribution in [1.29, 1.82) is 0 Å². The molecule has 2 aromatic carbocycles. The van der Waals surface area contributed by atoms with Gasteiger partial charge in [-0.1, -0.05) is 40.2 Å². The number of aliphatic hydroxyl groups excluding tert-OH is 1. The van der Waals surface area contributed by atoms with Crippen molar-refractivity contribution in [3.05, 3.63) is 88.4 Å². The first-order chi connectivity index (χ1) is 15.5. The number of aliphatic hydroxyl groups is 1. The van der Waals surface area contributed by atoms with Crippen LogP contribution in [0, 0.1) is 0 Å². The molecule has 1 N–H and O–H groups in total. The molecule has 1 aliphatic heterocycles. The second-order valence-electron chi connectivity index (χ2n) is 7.43. The summed E-state index contributed by atoms with van der Waals surface area (Å²) in [6.45, 7) is 1.02. The van der Waals surface area contributed by atoms with E-state index >= 15 is 0 Å². The molecule has 0 spiro atoms. The normalized spacial score (nSPS) is 17.7. The number of imidazole rings is 1. The van der Waals surface area contributed by atoms with Gasteiger partial charge in [-0.15, -0.1) is 0 Å². The molecule has 0 bridgehead atoms. The van der Waals surface area contributed by atoms with E-state index in [0.29, 0.717) is 30.8 Å². The molecule has 0 saturated carbocycles. The van der Waals surface area contributed by atoms with Gasteiger partial charge in [-0.3, -0.25) is 9.59 Å². The van der Waals surface area contributed by atoms with Gasteiger partial charge in [-0.2, -0.15) is 0 Å². The average molecular weight is 496 g/mol. The van der Waals surface area contributed by atoms with Crippen molar-refractivity contribution in [3.8, 4) is 5.75 Å². The van der Waals surface area contributed by atoms with E-state index in [1.165, 1.54) is 4.90 Å². The molecule has 1 atom stereocenters. The summed E-state index contributed by atoms with van der Waals surface area (Å²) in [6.07, 6.45) is 5.89. The lowest BCUT2D eigenvalue weighted by Crippen LogP contribution is -2.31. The number of nitrogens with zero attached hydrogens (tertiary/aromatic N) is 3. The van der Waals surface area contributed by atoms with Crippen LogP contribution in [-0.2, 0) is 16.1 Å². The molecule has 1 amide bonds. The molecule has 7 nitrogen and oxygen atoms in total. The van der Waals surface area contributed by atoms with Gasteiger partial charge in [-0.05, 0) is 36.2 Å². The van der Waals surface area contributed by atoms with Gasteiger partial charge >= 0.3 is 0 Å². The third kappa shape index (κ3) is 4.31. The van der Waals surface area contributed by atoms with Crippen molar-refractivity contribution < 1.29 is 19.4 Å². The van der Waals surface area contributed by atoms with Gasteiger partial charge in [0.25, 0.3) is 11.7 Å². The Kier molecular flexibility index (Phi) is 6.41. The van der Waals surface area contributed by atoms with E-state index in [1.807, 2.05) is 22.9 Å². The first-order valence-corrected chi connectivity index (χ1v) is 10.9. The number of ether oxygens (including phenoxy) is 1. The summed E-state index contributed by atoms with van der Waals surface area (Å²) in [7, 11) is 1.57. The highest BCUT2D eigenvalue weighted by Gasteiger charge is 2.45. The zero-order chi connectivity index (χ0) is 22.7. The number of amides is 1. The summed E-state index contributed by atoms with van der Waals surface area (Å²) in [6, 6.07) is 13.5. The fraction of sp³-hybridized carbons (Fsp3) is 0.208. The molecule has 1 aromatic heterocycles. The second kappa shape index (κ2) is 9.40. The summed E-state index contributed by atoms with van der Waals surface area (Å²) in [5, 5.41) is 11.1. The lowest BCUT2D eigenvalue weighted by molar-refractivity contribution is -0.139. The molecule has 1 fully saturated rings. The van der Waals surface area contributed by atoms with Crippen LogP contribution in [-0.4, -0.2) is 44.9 Å². The van der Waals surface area contributed by atoms with Crippen molar-refractivity contribution in [3.63, 3.8) is 0 Å². The molecule has 4 rings (SSSR count). The van der Waals surface area contributed by atoms with E-state index < -0.39 is 17.7 Å². The highest BCUT2D eigenvalue weighted by molar-refractivity contribution is 9.10. The van der Waals surface area contributed by atoms with Gasteiger partial charge in [0.2, 0.25) is 0 Å². The van der Waals surface area contributed by atoms with E-state index in [2.05, 4.69) is 20.9 Å². The zero-order valence-corrected chi connectivity index (χ0v) is 19.0. The van der Waals surface area contributed by atoms with Gasteiger partial charge in [0.05, 0.1) is 25.1 Å². The number of hydrogen-bond acceptors (Lipinski definition) is 5. The van der Waals surface area contributed by atoms with Crippen LogP contribution in [0.15, 0.2) is 77.3 Å². The zero-order valence-electron chi connectivity index (χ0n) is 17.4. The molecular weight excluding hydrogens is 474 g/mol. The van der Waals surface area contributed by atoms with Crippen LogP contribution in [0.3, 0.4) is 0 Å². The molecule has 32 heavy (non-hydrogen) atoms. The lowest BCUT2D eigenvalue weighted by Gasteiger charge is -2.25. The average Bonchev–Trinajstić information content (AvgIpc) is 3.41. The maximum atomic E-state index is 13.0. The molecule has 1 saturated heterocycles. The molecule has 164 valence electrons. The number of rotatable bonds is 7. The minimum absolute atomic E-state index is 0.0881. The predicted octanol–water partition coefficient (Wildman–Crippen LogP) is 4.17. The third-order valence-electron chi connectivity index (χ3n) is 5.46. The van der Waals surface area contributed by atoms with Crippen LogP contribution in [0.2, 0.25) is 0 Å². The molecule has 1 aliphatic rings. The van der Waals surface area contributed by atoms with Crippen LogP contribution in [0.1, 0.15) is 23.6 Å². The van der Waals surface area contributed by atoms with Gasteiger partial charge in [0.1, 0.15) is 11.5 Å². The minimum atomic E-state index is -0.688. The Hall–Kier alpha value is -3.39. The summed E-state index contributed by atoms with van der Waals surface area (Å²) < 4.78 is 8.01. The van der Waals surface area contributed by atoms with Gasteiger partial charge in [0, 0.05) is 35.5 Å². The van der Waals surface area contributed by atoms with Gasteiger partial charge < -0.3 is 19.3 Å². The maximum Gasteiger partial charge on any atom is 0.295 e. The fourth-order valence-electron chi connectivity index (χ4n) is 3.85. The van der Waals surface area contributed by atoms with Crippen LogP contribution in [0.25, 0.3) is 5.76 Å². The number of aromatic nitrogens is 2. The topological polar surface area (TPSA) is 84.7 Å². The third-order valence-corrected chi connectivity index (χ3v) is 5.99. The van der Waals surface area contributed by atoms with Crippen LogP contribution >= 0.6 is 15.9 Å². The predicted molar refractivity (Wildman–Crippen MR) is 123 cm³/mol. The Morgan fingerprint density at radius 2 is 1.81 bits per heavy atom. The molecule has 2 heterocycles. The van der Waals surface area contributed by atoms with Gasteiger partial charge in [-0.25, -0.2) is 4.98 Å². The SMILES string of the molecule is COc1ccc([C@H]2/C(=C(\O)c3ccc(Br)cc3)C(=O)C(=O)N2CCCn2ccnc2)cc1. The van der Waals surface area contributed by atoms with Crippen LogP contribution in [0.4, 0.5) is 0 Å². The Morgan fingerprint density at radius 1 is 1.09 bits per heavy atom. The Bertz CT molecular complexity index is 1140. The number of benzene rings is 2. The summed E-state index contributed by atoms with van der Waals surface area (Å²) in [5.74, 6) is -0.823. The highest BCUT2D eigenvalue weighted by atomic mass is 79.9. The molecular formula is C24H22BrN3O4. The minimum Gasteiger partial charge on any atom is -0.507 e. The Balaban J connectivity index is 1.72. The maximum absolute atomic E-state index is 13.0. The highest BCUT2D eigenvalue weighted by Crippen LogP contribution is 2.40. The first-order valence-electron chi connectivity index (χ1n) is 10.1. The molecule has 3 aromatic rings. The second-order valence-corrected chi connectivity index (χ2v) is 8.34. The summed E-state index contributed by atoms with van der Waals surface area (Å²) >= 11 is 3.37. The van der Waals surface area contributed by atoms with E-state index in [4.69, 9.17) is 4.74 Å². The standard InChI is InChI=1S/C24H22BrN3O4/c1-32-19-9-5-16(6-10-19)21-20(22(29)17-3-7-18(25)8-4-17)23(30)24(31)28(21)13-2-12-27-14-11-26-15-27/h3-11,14-15,21,29H,2,12-13H2,1H3/b22-20+/t21-/m0/s1. The number of carbonyl (C=O) groups is 2. The first kappa shape index (κ1) is 21.8. The van der Waals surface area contributed by atoms with Crippen molar-refractivity contribution >= 4 is 33.4 Å². The Morgan fingerprint density at radius 3 is 2.44 bits per heavy atom. The number of methoxy groups -OCH3 is 1. The number of likely N-dealkylation sites (tertiary alicyclic amines) is 1. The summed E-state index contributed by atoms with van der Waals surface area (Å²) in [4.78, 5) is 31.6. The smallest absolute Gasteiger partial charge is 0.295 e. The van der Waals surface area contributed by atoms with Crippen LogP contribution in [0.5, 0.6) is 5.75 Å².